The van der Waals surface area contributed by atoms with Gasteiger partial charge in [0.2, 0.25) is 5.91 Å². The highest BCUT2D eigenvalue weighted by Gasteiger charge is 2.36. The van der Waals surface area contributed by atoms with E-state index >= 15 is 0 Å². The van der Waals surface area contributed by atoms with E-state index in [1.807, 2.05) is 7.05 Å². The first kappa shape index (κ1) is 19.0. The van der Waals surface area contributed by atoms with E-state index in [4.69, 9.17) is 0 Å². The van der Waals surface area contributed by atoms with Gasteiger partial charge in [0.1, 0.15) is 0 Å². The fourth-order valence-electron chi connectivity index (χ4n) is 3.41. The molecule has 1 saturated heterocycles. The van der Waals surface area contributed by atoms with Crippen molar-refractivity contribution in [1.82, 2.24) is 20.9 Å². The maximum absolute atomic E-state index is 11.8. The summed E-state index contributed by atoms with van der Waals surface area (Å²) in [6.45, 7) is 7.56. The van der Waals surface area contributed by atoms with Gasteiger partial charge in [-0.3, -0.25) is 14.7 Å². The van der Waals surface area contributed by atoms with E-state index in [1.54, 1.807) is 0 Å². The van der Waals surface area contributed by atoms with E-state index in [2.05, 4.69) is 39.7 Å². The van der Waals surface area contributed by atoms with Crippen LogP contribution in [0, 0.1) is 5.92 Å². The summed E-state index contributed by atoms with van der Waals surface area (Å²) in [7, 11) is 1.85. The number of nitrogens with one attached hydrogen (secondary N) is 3. The van der Waals surface area contributed by atoms with Crippen molar-refractivity contribution >= 4 is 11.9 Å². The Labute approximate surface area is 146 Å². The van der Waals surface area contributed by atoms with Crippen molar-refractivity contribution in [2.45, 2.75) is 64.5 Å². The summed E-state index contributed by atoms with van der Waals surface area (Å²) in [6, 6.07) is 1.06. The van der Waals surface area contributed by atoms with Crippen LogP contribution < -0.4 is 16.0 Å². The molecule has 6 heteroatoms. The third kappa shape index (κ3) is 6.30. The first-order chi connectivity index (χ1) is 11.7. The molecule has 0 bridgehead atoms. The first-order valence-electron chi connectivity index (χ1n) is 9.65. The Morgan fingerprint density at radius 2 is 1.92 bits per heavy atom. The topological polar surface area (TPSA) is 68.8 Å². The molecule has 0 radical (unpaired) electrons. The predicted octanol–water partition coefficient (Wildman–Crippen LogP) is 1.33. The van der Waals surface area contributed by atoms with Gasteiger partial charge in [-0.15, -0.1) is 0 Å². The van der Waals surface area contributed by atoms with Crippen molar-refractivity contribution < 1.29 is 4.79 Å². The van der Waals surface area contributed by atoms with Crippen molar-refractivity contribution in [3.05, 3.63) is 0 Å². The van der Waals surface area contributed by atoms with Gasteiger partial charge in [-0.25, -0.2) is 0 Å². The molecule has 1 aliphatic heterocycles. The van der Waals surface area contributed by atoms with Crippen molar-refractivity contribution in [3.63, 3.8) is 0 Å². The predicted molar refractivity (Wildman–Crippen MR) is 99.2 cm³/mol. The van der Waals surface area contributed by atoms with Gasteiger partial charge in [-0.2, -0.15) is 0 Å². The maximum Gasteiger partial charge on any atom is 0.234 e. The molecule has 0 spiro atoms. The minimum absolute atomic E-state index is 0.149. The summed E-state index contributed by atoms with van der Waals surface area (Å²) in [5, 5.41) is 10.1. The fourth-order valence-corrected chi connectivity index (χ4v) is 3.41. The standard InChI is InChI=1S/C18H35N5O/c1-4-6-14-12-16(14)22-18(19-3)21-15-7-10-23(11-8-15)13-17(24)20-9-5-2/h14-16H,4-13H2,1-3H3,(H,20,24)(H2,19,21,22). The van der Waals surface area contributed by atoms with Crippen LogP contribution in [0.25, 0.3) is 0 Å². The van der Waals surface area contributed by atoms with E-state index in [0.29, 0.717) is 18.6 Å². The Bertz CT molecular complexity index is 418. The highest BCUT2D eigenvalue weighted by Crippen LogP contribution is 2.34. The second-order valence-electron chi connectivity index (χ2n) is 7.15. The summed E-state index contributed by atoms with van der Waals surface area (Å²) in [6.07, 6.45) is 6.96. The summed E-state index contributed by atoms with van der Waals surface area (Å²) in [5.74, 6) is 1.92. The lowest BCUT2D eigenvalue weighted by Crippen LogP contribution is -2.50. The van der Waals surface area contributed by atoms with Crippen LogP contribution >= 0.6 is 0 Å². The molecular formula is C18H35N5O. The normalized spacial score (nSPS) is 25.4. The van der Waals surface area contributed by atoms with Gasteiger partial charge in [0.05, 0.1) is 6.54 Å². The summed E-state index contributed by atoms with van der Waals surface area (Å²) < 4.78 is 0. The van der Waals surface area contributed by atoms with E-state index < -0.39 is 0 Å². The van der Waals surface area contributed by atoms with E-state index in [-0.39, 0.29) is 5.91 Å². The van der Waals surface area contributed by atoms with Gasteiger partial charge in [0, 0.05) is 38.8 Å². The number of nitrogens with zero attached hydrogens (tertiary/aromatic N) is 2. The lowest BCUT2D eigenvalue weighted by Gasteiger charge is -2.32. The van der Waals surface area contributed by atoms with Gasteiger partial charge in [-0.05, 0) is 38.0 Å². The lowest BCUT2D eigenvalue weighted by molar-refractivity contribution is -0.122. The van der Waals surface area contributed by atoms with E-state index in [1.165, 1.54) is 19.3 Å². The molecule has 1 saturated carbocycles. The summed E-state index contributed by atoms with van der Waals surface area (Å²) in [5.41, 5.74) is 0. The third-order valence-electron chi connectivity index (χ3n) is 5.00. The molecule has 2 fully saturated rings. The van der Waals surface area contributed by atoms with E-state index in [0.717, 1.165) is 50.8 Å². The minimum Gasteiger partial charge on any atom is -0.355 e. The molecular weight excluding hydrogens is 302 g/mol. The number of aliphatic imine (C=N–C) groups is 1. The van der Waals surface area contributed by atoms with Gasteiger partial charge in [0.15, 0.2) is 5.96 Å². The molecule has 0 aromatic rings. The molecule has 6 nitrogen and oxygen atoms in total. The Hall–Kier alpha value is -1.30. The Balaban J connectivity index is 1.64. The molecule has 2 aliphatic rings. The molecule has 1 aliphatic carbocycles. The smallest absolute Gasteiger partial charge is 0.234 e. The second-order valence-corrected chi connectivity index (χ2v) is 7.15. The van der Waals surface area contributed by atoms with Crippen molar-refractivity contribution in [1.29, 1.82) is 0 Å². The number of amides is 1. The SMILES string of the molecule is CCCNC(=O)CN1CCC(NC(=NC)NC2CC2CCC)CC1. The molecule has 1 amide bonds. The van der Waals surface area contributed by atoms with Crippen LogP contribution in [0.1, 0.15) is 52.4 Å². The Morgan fingerprint density at radius 1 is 1.17 bits per heavy atom. The second kappa shape index (κ2) is 9.87. The molecule has 0 aromatic carbocycles. The van der Waals surface area contributed by atoms with Gasteiger partial charge >= 0.3 is 0 Å². The molecule has 24 heavy (non-hydrogen) atoms. The van der Waals surface area contributed by atoms with Crippen molar-refractivity contribution in [2.75, 3.05) is 33.2 Å². The molecule has 2 rings (SSSR count). The van der Waals surface area contributed by atoms with Crippen LogP contribution in [0.5, 0.6) is 0 Å². The largest absolute Gasteiger partial charge is 0.355 e. The average Bonchev–Trinajstić information content (AvgIpc) is 3.32. The van der Waals surface area contributed by atoms with Crippen LogP contribution in [-0.4, -0.2) is 62.1 Å². The number of hydrogen-bond acceptors (Lipinski definition) is 3. The zero-order chi connectivity index (χ0) is 17.4. The van der Waals surface area contributed by atoms with Crippen molar-refractivity contribution in [2.24, 2.45) is 10.9 Å². The quantitative estimate of drug-likeness (QED) is 0.462. The molecule has 0 aromatic heterocycles. The monoisotopic (exact) mass is 337 g/mol. The van der Waals surface area contributed by atoms with Gasteiger partial charge in [-0.1, -0.05) is 20.3 Å². The lowest BCUT2D eigenvalue weighted by atomic mass is 10.1. The molecule has 138 valence electrons. The number of likely N-dealkylation sites (tertiary alicyclic amines) is 1. The maximum atomic E-state index is 11.8. The number of rotatable bonds is 8. The number of piperidine rings is 1. The summed E-state index contributed by atoms with van der Waals surface area (Å²) >= 11 is 0. The molecule has 3 N–H and O–H groups in total. The van der Waals surface area contributed by atoms with Crippen LogP contribution in [0.3, 0.4) is 0 Å². The zero-order valence-corrected chi connectivity index (χ0v) is 15.6. The molecule has 1 heterocycles. The minimum atomic E-state index is 0.149. The number of carbonyl (C=O) groups excluding carboxylic acids is 1. The van der Waals surface area contributed by atoms with Gasteiger partial charge in [0.25, 0.3) is 0 Å². The number of hydrogen-bond donors (Lipinski definition) is 3. The molecule has 2 atom stereocenters. The van der Waals surface area contributed by atoms with Crippen LogP contribution in [-0.2, 0) is 4.79 Å². The fraction of sp³-hybridized carbons (Fsp3) is 0.889. The van der Waals surface area contributed by atoms with Gasteiger partial charge < -0.3 is 16.0 Å². The average molecular weight is 338 g/mol. The molecule has 2 unspecified atom stereocenters. The summed E-state index contributed by atoms with van der Waals surface area (Å²) in [4.78, 5) is 18.4. The zero-order valence-electron chi connectivity index (χ0n) is 15.6. The van der Waals surface area contributed by atoms with Crippen LogP contribution in [0.4, 0.5) is 0 Å². The number of guanidine groups is 1. The first-order valence-corrected chi connectivity index (χ1v) is 9.65. The number of carbonyl (C=O) groups is 1. The Morgan fingerprint density at radius 3 is 2.54 bits per heavy atom. The van der Waals surface area contributed by atoms with Crippen molar-refractivity contribution in [3.8, 4) is 0 Å². The Kier molecular flexibility index (Phi) is 7.82. The van der Waals surface area contributed by atoms with Crippen LogP contribution in [0.15, 0.2) is 4.99 Å². The highest BCUT2D eigenvalue weighted by molar-refractivity contribution is 5.80. The highest BCUT2D eigenvalue weighted by atomic mass is 16.2. The third-order valence-corrected chi connectivity index (χ3v) is 5.00. The van der Waals surface area contributed by atoms with E-state index in [9.17, 15) is 4.79 Å². The van der Waals surface area contributed by atoms with Crippen LogP contribution in [0.2, 0.25) is 0 Å².